The summed E-state index contributed by atoms with van der Waals surface area (Å²) >= 11 is 0. The Labute approximate surface area is 183 Å². The van der Waals surface area contributed by atoms with E-state index < -0.39 is 0 Å². The van der Waals surface area contributed by atoms with Gasteiger partial charge in [-0.15, -0.1) is 0 Å². The maximum Gasteiger partial charge on any atom is 0.0467 e. The Morgan fingerprint density at radius 1 is 0.867 bits per heavy atom. The van der Waals surface area contributed by atoms with Gasteiger partial charge in [0.15, 0.2) is 0 Å². The van der Waals surface area contributed by atoms with Crippen molar-refractivity contribution in [1.82, 2.24) is 0 Å². The number of nitrogens with zero attached hydrogens (tertiary/aromatic N) is 1. The van der Waals surface area contributed by atoms with Gasteiger partial charge in [-0.05, 0) is 70.8 Å². The number of hydrogen-bond donors (Lipinski definition) is 0. The normalized spacial score (nSPS) is 11.5. The van der Waals surface area contributed by atoms with Crippen molar-refractivity contribution in [3.63, 3.8) is 0 Å². The van der Waals surface area contributed by atoms with Gasteiger partial charge in [0.05, 0.1) is 0 Å². The number of hydrogen-bond acceptors (Lipinski definition) is 1. The highest BCUT2D eigenvalue weighted by molar-refractivity contribution is 5.78. The van der Waals surface area contributed by atoms with Gasteiger partial charge in [-0.1, -0.05) is 90.1 Å². The summed E-state index contributed by atoms with van der Waals surface area (Å²) in [5.74, 6) is 0.525. The Balaban J connectivity index is 2.06. The van der Waals surface area contributed by atoms with E-state index >= 15 is 0 Å². The van der Waals surface area contributed by atoms with E-state index in [0.717, 1.165) is 11.3 Å². The van der Waals surface area contributed by atoms with Crippen molar-refractivity contribution in [2.75, 3.05) is 4.90 Å². The van der Waals surface area contributed by atoms with Crippen LogP contribution in [0.3, 0.4) is 0 Å². The van der Waals surface area contributed by atoms with E-state index in [4.69, 9.17) is 0 Å². The van der Waals surface area contributed by atoms with E-state index in [1.807, 2.05) is 6.08 Å². The lowest BCUT2D eigenvalue weighted by Gasteiger charge is -2.28. The molecule has 0 spiro atoms. The summed E-state index contributed by atoms with van der Waals surface area (Å²) in [5, 5.41) is 0. The molecule has 0 aliphatic heterocycles. The summed E-state index contributed by atoms with van der Waals surface area (Å²) < 4.78 is 0. The van der Waals surface area contributed by atoms with Crippen LogP contribution in [0.4, 0.5) is 17.1 Å². The molecule has 156 valence electrons. The summed E-state index contributed by atoms with van der Waals surface area (Å²) in [6.07, 6.45) is 4.28. The van der Waals surface area contributed by atoms with Crippen LogP contribution in [0.5, 0.6) is 0 Å². The van der Waals surface area contributed by atoms with Gasteiger partial charge in [0.1, 0.15) is 0 Å². The Morgan fingerprint density at radius 3 is 2.00 bits per heavy atom. The second-order valence-corrected chi connectivity index (χ2v) is 9.06. The minimum atomic E-state index is 0.194. The van der Waals surface area contributed by atoms with Gasteiger partial charge < -0.3 is 4.90 Å². The maximum atomic E-state index is 3.95. The van der Waals surface area contributed by atoms with E-state index in [0.29, 0.717) is 5.92 Å². The van der Waals surface area contributed by atoms with E-state index in [1.54, 1.807) is 0 Å². The minimum absolute atomic E-state index is 0.194. The Kier molecular flexibility index (Phi) is 6.82. The summed E-state index contributed by atoms with van der Waals surface area (Å²) in [4.78, 5) is 2.33. The number of rotatable bonds is 8. The third-order valence-corrected chi connectivity index (χ3v) is 5.96. The molecule has 0 fully saturated rings. The molecular formula is C29H35N. The van der Waals surface area contributed by atoms with Crippen LogP contribution in [0.25, 0.3) is 6.08 Å². The monoisotopic (exact) mass is 397 g/mol. The fourth-order valence-electron chi connectivity index (χ4n) is 4.08. The number of anilines is 3. The zero-order valence-electron chi connectivity index (χ0n) is 19.2. The first kappa shape index (κ1) is 21.9. The summed E-state index contributed by atoms with van der Waals surface area (Å²) in [5.41, 5.74) is 7.55. The smallest absolute Gasteiger partial charge is 0.0467 e. The third-order valence-electron chi connectivity index (χ3n) is 5.96. The lowest BCUT2D eigenvalue weighted by molar-refractivity contribution is 0.473. The van der Waals surface area contributed by atoms with E-state index in [-0.39, 0.29) is 5.41 Å². The predicted octanol–water partition coefficient (Wildman–Crippen LogP) is 9.00. The molecule has 0 saturated carbocycles. The molecule has 0 heterocycles. The summed E-state index contributed by atoms with van der Waals surface area (Å²) in [6, 6.07) is 26.6. The first-order valence-electron chi connectivity index (χ1n) is 11.1. The molecule has 0 aliphatic carbocycles. The average molecular weight is 398 g/mol. The van der Waals surface area contributed by atoms with Gasteiger partial charge in [0, 0.05) is 17.1 Å². The maximum absolute atomic E-state index is 3.95. The van der Waals surface area contributed by atoms with Gasteiger partial charge in [-0.3, -0.25) is 0 Å². The molecule has 1 heteroatoms. The zero-order valence-corrected chi connectivity index (χ0v) is 19.2. The van der Waals surface area contributed by atoms with Crippen molar-refractivity contribution in [1.29, 1.82) is 0 Å². The van der Waals surface area contributed by atoms with Crippen LogP contribution in [0.2, 0.25) is 0 Å². The Bertz CT molecular complexity index is 962. The topological polar surface area (TPSA) is 3.24 Å². The molecule has 3 rings (SSSR count). The molecule has 0 amide bonds. The predicted molar refractivity (Wildman–Crippen MR) is 133 cm³/mol. The minimum Gasteiger partial charge on any atom is -0.310 e. The third kappa shape index (κ3) is 4.84. The lowest BCUT2D eigenvalue weighted by atomic mass is 9.81. The Morgan fingerprint density at radius 2 is 1.47 bits per heavy atom. The first-order chi connectivity index (χ1) is 14.4. The van der Waals surface area contributed by atoms with Crippen molar-refractivity contribution in [2.24, 2.45) is 0 Å². The molecule has 0 aliphatic rings. The SMILES string of the molecule is C=Cc1cccc(N(c2ccc(C(C)C)cc2)c2ccc(C(C)(C)CCC)cc2)c1. The van der Waals surface area contributed by atoms with Crippen molar-refractivity contribution in [2.45, 2.75) is 58.8 Å². The van der Waals surface area contributed by atoms with Crippen LogP contribution in [-0.2, 0) is 5.41 Å². The van der Waals surface area contributed by atoms with Gasteiger partial charge in [-0.25, -0.2) is 0 Å². The second-order valence-electron chi connectivity index (χ2n) is 9.06. The highest BCUT2D eigenvalue weighted by Gasteiger charge is 2.20. The molecule has 30 heavy (non-hydrogen) atoms. The van der Waals surface area contributed by atoms with Crippen LogP contribution in [0.15, 0.2) is 79.4 Å². The quantitative estimate of drug-likeness (QED) is 0.366. The van der Waals surface area contributed by atoms with Crippen molar-refractivity contribution >= 4 is 23.1 Å². The first-order valence-corrected chi connectivity index (χ1v) is 11.1. The van der Waals surface area contributed by atoms with E-state index in [2.05, 4.69) is 119 Å². The van der Waals surface area contributed by atoms with Crippen LogP contribution in [0.1, 0.15) is 70.1 Å². The number of benzene rings is 3. The second kappa shape index (κ2) is 9.34. The van der Waals surface area contributed by atoms with Crippen molar-refractivity contribution in [3.8, 4) is 0 Å². The molecule has 0 bridgehead atoms. The summed E-state index contributed by atoms with van der Waals surface area (Å²) in [6.45, 7) is 15.3. The average Bonchev–Trinajstić information content (AvgIpc) is 2.75. The molecular weight excluding hydrogens is 362 g/mol. The van der Waals surface area contributed by atoms with Gasteiger partial charge >= 0.3 is 0 Å². The highest BCUT2D eigenvalue weighted by Crippen LogP contribution is 2.37. The van der Waals surface area contributed by atoms with E-state index in [1.165, 1.54) is 35.3 Å². The molecule has 0 radical (unpaired) electrons. The molecule has 0 saturated heterocycles. The van der Waals surface area contributed by atoms with Crippen LogP contribution in [0, 0.1) is 0 Å². The van der Waals surface area contributed by atoms with Gasteiger partial charge in [0.2, 0.25) is 0 Å². The fourth-order valence-corrected chi connectivity index (χ4v) is 4.08. The van der Waals surface area contributed by atoms with Crippen molar-refractivity contribution < 1.29 is 0 Å². The summed E-state index contributed by atoms with van der Waals surface area (Å²) in [7, 11) is 0. The molecule has 0 unspecified atom stereocenters. The lowest BCUT2D eigenvalue weighted by Crippen LogP contribution is -2.17. The van der Waals surface area contributed by atoms with Crippen molar-refractivity contribution in [3.05, 3.63) is 96.1 Å². The molecule has 0 aromatic heterocycles. The molecule has 3 aromatic carbocycles. The molecule has 3 aromatic rings. The van der Waals surface area contributed by atoms with E-state index in [9.17, 15) is 0 Å². The highest BCUT2D eigenvalue weighted by atomic mass is 15.1. The zero-order chi connectivity index (χ0) is 21.7. The molecule has 1 nitrogen and oxygen atoms in total. The van der Waals surface area contributed by atoms with Gasteiger partial charge in [-0.2, -0.15) is 0 Å². The molecule has 0 atom stereocenters. The van der Waals surface area contributed by atoms with Crippen LogP contribution >= 0.6 is 0 Å². The Hall–Kier alpha value is -2.80. The van der Waals surface area contributed by atoms with Crippen LogP contribution in [-0.4, -0.2) is 0 Å². The fraction of sp³-hybridized carbons (Fsp3) is 0.310. The van der Waals surface area contributed by atoms with Gasteiger partial charge in [0.25, 0.3) is 0 Å². The standard InChI is InChI=1S/C29H35N/c1-7-20-29(5,6)25-14-18-27(19-15-25)30(28-11-9-10-23(8-2)21-28)26-16-12-24(13-17-26)22(3)4/h8-19,21-22H,2,7,20H2,1,3-6H3. The largest absolute Gasteiger partial charge is 0.310 e. The molecule has 0 N–H and O–H groups in total. The van der Waals surface area contributed by atoms with Crippen LogP contribution < -0.4 is 4.90 Å².